The largest absolute Gasteiger partial charge is 0.464 e. The third-order valence-electron chi connectivity index (χ3n) is 7.31. The van der Waals surface area contributed by atoms with Gasteiger partial charge in [-0.15, -0.1) is 0 Å². The van der Waals surface area contributed by atoms with Gasteiger partial charge in [0.05, 0.1) is 11.7 Å². The molecule has 0 aliphatic heterocycles. The van der Waals surface area contributed by atoms with E-state index in [4.69, 9.17) is 16.0 Å². The van der Waals surface area contributed by atoms with E-state index in [1.165, 1.54) is 16.7 Å². The van der Waals surface area contributed by atoms with Crippen LogP contribution in [0.2, 0.25) is 5.02 Å². The van der Waals surface area contributed by atoms with Gasteiger partial charge in [0.1, 0.15) is 11.5 Å². The Labute approximate surface area is 245 Å². The first kappa shape index (κ1) is 32.8. The summed E-state index contributed by atoms with van der Waals surface area (Å²) in [7, 11) is 0. The van der Waals surface area contributed by atoms with E-state index in [0.29, 0.717) is 16.3 Å². The molecule has 1 aromatic heterocycles. The molecule has 0 saturated carbocycles. The van der Waals surface area contributed by atoms with E-state index >= 15 is 0 Å². The first-order valence-electron chi connectivity index (χ1n) is 14.0. The maximum absolute atomic E-state index is 11.6. The van der Waals surface area contributed by atoms with Crippen LogP contribution in [0, 0.1) is 27.7 Å². The fourth-order valence-electron chi connectivity index (χ4n) is 4.54. The summed E-state index contributed by atoms with van der Waals surface area (Å²) in [4.78, 5) is 22.9. The van der Waals surface area contributed by atoms with Crippen molar-refractivity contribution in [2.24, 2.45) is 0 Å². The number of benzene rings is 2. The zero-order valence-electron chi connectivity index (χ0n) is 25.5. The predicted octanol–water partition coefficient (Wildman–Crippen LogP) is 9.32. The molecule has 0 amide bonds. The highest BCUT2D eigenvalue weighted by molar-refractivity contribution is 6.32. The topological polar surface area (TPSA) is 59.3 Å². The summed E-state index contributed by atoms with van der Waals surface area (Å²) in [6, 6.07) is 14.3. The van der Waals surface area contributed by atoms with Crippen LogP contribution in [-0.4, -0.2) is 11.6 Å². The fourth-order valence-corrected chi connectivity index (χ4v) is 4.83. The predicted molar refractivity (Wildman–Crippen MR) is 167 cm³/mol. The van der Waals surface area contributed by atoms with Crippen LogP contribution >= 0.6 is 11.6 Å². The van der Waals surface area contributed by atoms with E-state index in [2.05, 4.69) is 57.8 Å². The molecule has 4 rings (SSSR count). The Hall–Kier alpha value is -3.37. The second-order valence-electron chi connectivity index (χ2n) is 10.3. The molecule has 0 unspecified atom stereocenters. The van der Waals surface area contributed by atoms with Gasteiger partial charge in [-0.1, -0.05) is 63.2 Å². The zero-order valence-corrected chi connectivity index (χ0v) is 26.3. The lowest BCUT2D eigenvalue weighted by molar-refractivity contribution is -0.113. The number of furan rings is 1. The molecule has 0 radical (unpaired) electrons. The van der Waals surface area contributed by atoms with Crippen LogP contribution in [0.25, 0.3) is 0 Å². The average molecular weight is 562 g/mol. The lowest BCUT2D eigenvalue weighted by atomic mass is 9.88. The molecule has 5 heteroatoms. The molecule has 214 valence electrons. The van der Waals surface area contributed by atoms with Crippen molar-refractivity contribution in [2.75, 3.05) is 0 Å². The molecule has 1 aliphatic carbocycles. The second-order valence-corrected chi connectivity index (χ2v) is 10.7. The maximum atomic E-state index is 11.6. The number of hydrogen-bond acceptors (Lipinski definition) is 4. The number of rotatable bonds is 7. The van der Waals surface area contributed by atoms with E-state index in [9.17, 15) is 9.59 Å². The molecule has 1 aliphatic rings. The molecular weight excluding hydrogens is 518 g/mol. The van der Waals surface area contributed by atoms with Crippen LogP contribution in [0.5, 0.6) is 0 Å². The van der Waals surface area contributed by atoms with Crippen LogP contribution in [0.3, 0.4) is 0 Å². The van der Waals surface area contributed by atoms with Crippen LogP contribution in [0.15, 0.2) is 70.3 Å². The van der Waals surface area contributed by atoms with E-state index in [0.717, 1.165) is 53.0 Å². The Morgan fingerprint density at radius 3 is 2.02 bits per heavy atom. The number of carbonyl (C=O) groups is 2. The summed E-state index contributed by atoms with van der Waals surface area (Å²) in [6.45, 7) is 21.6. The highest BCUT2D eigenvalue weighted by Crippen LogP contribution is 2.30. The zero-order chi connectivity index (χ0) is 30.1. The summed E-state index contributed by atoms with van der Waals surface area (Å²) in [6.07, 6.45) is 2.81. The highest BCUT2D eigenvalue weighted by Gasteiger charge is 2.30. The summed E-state index contributed by atoms with van der Waals surface area (Å²) in [5.41, 5.74) is 9.23. The molecule has 3 aromatic rings. The van der Waals surface area contributed by atoms with E-state index < -0.39 is 0 Å². The van der Waals surface area contributed by atoms with Crippen LogP contribution in [0.4, 0.5) is 0 Å². The van der Waals surface area contributed by atoms with Gasteiger partial charge in [-0.2, -0.15) is 0 Å². The summed E-state index contributed by atoms with van der Waals surface area (Å²) < 4.78 is 5.58. The molecule has 1 heterocycles. The number of nitrogens with one attached hydrogen (secondary N) is 1. The minimum absolute atomic E-state index is 0.0178. The van der Waals surface area contributed by atoms with Gasteiger partial charge in [0.15, 0.2) is 5.78 Å². The molecule has 40 heavy (non-hydrogen) atoms. The van der Waals surface area contributed by atoms with E-state index in [1.54, 1.807) is 6.92 Å². The van der Waals surface area contributed by atoms with Gasteiger partial charge < -0.3 is 9.73 Å². The molecule has 0 spiro atoms. The van der Waals surface area contributed by atoms with Crippen molar-refractivity contribution in [3.8, 4) is 0 Å². The van der Waals surface area contributed by atoms with Crippen LogP contribution in [0.1, 0.15) is 96.8 Å². The monoisotopic (exact) mass is 561 g/mol. The number of halogens is 1. The normalized spacial score (nSPS) is 13.1. The Morgan fingerprint density at radius 2 is 1.57 bits per heavy atom. The number of aryl methyl sites for hydroxylation is 5. The van der Waals surface area contributed by atoms with Gasteiger partial charge in [-0.25, -0.2) is 0 Å². The maximum Gasteiger partial charge on any atom is 0.208 e. The van der Waals surface area contributed by atoms with Crippen molar-refractivity contribution in [3.05, 3.63) is 116 Å². The van der Waals surface area contributed by atoms with Crippen molar-refractivity contribution < 1.29 is 14.0 Å². The van der Waals surface area contributed by atoms with E-state index in [1.807, 2.05) is 52.0 Å². The molecule has 1 atom stereocenters. The van der Waals surface area contributed by atoms with Gasteiger partial charge in [0.25, 0.3) is 0 Å². The molecule has 2 aromatic carbocycles. The summed E-state index contributed by atoms with van der Waals surface area (Å²) in [5.74, 6) is 1.87. The third-order valence-corrected chi connectivity index (χ3v) is 7.66. The Bertz CT molecular complexity index is 1410. The molecule has 0 bridgehead atoms. The molecule has 1 N–H and O–H groups in total. The van der Waals surface area contributed by atoms with Crippen molar-refractivity contribution >= 4 is 23.2 Å². The van der Waals surface area contributed by atoms with Crippen molar-refractivity contribution in [1.82, 2.24) is 5.32 Å². The Kier molecular flexibility index (Phi) is 12.2. The lowest BCUT2D eigenvalue weighted by Gasteiger charge is -2.27. The number of carbonyl (C=O) groups excluding carboxylic acids is 2. The Balaban J connectivity index is 0.000000218. The van der Waals surface area contributed by atoms with Gasteiger partial charge in [0.2, 0.25) is 5.78 Å². The third kappa shape index (κ3) is 8.08. The standard InChI is InChI=1S/C14H17NO2.C11H13ClO.C10H14/c1-5-11(12-7-6-8(2)17-12)15-13-9(3)10(4)14(13)16;1-4-9-10(12)6-5-7(2)11(9)8(3)13;1-4-10-6-5-8(2)9(3)7-10/h6-7,11,15H,4-5H2,1-3H3;5-6H,4H2,1-3H3;5-7H,4H2,1-3H3/t11-;;/m1../s1. The number of Topliss-reactive ketones (excluding diaryl/α,β-unsaturated/α-hetero) is 2. The summed E-state index contributed by atoms with van der Waals surface area (Å²) >= 11 is 5.99. The average Bonchev–Trinajstić information content (AvgIpc) is 3.37. The smallest absolute Gasteiger partial charge is 0.208 e. The van der Waals surface area contributed by atoms with E-state index in [-0.39, 0.29) is 17.6 Å². The SMILES string of the molecule is C=C1C(=O)C(N[C@H](CC)c2ccc(C)o2)=C1C.CCc1c(Cl)ccc(C)c1C(C)=O.CCc1ccc(C)c(C)c1. The molecule has 4 nitrogen and oxygen atoms in total. The minimum atomic E-state index is 0.0178. The fraction of sp³-hybridized carbons (Fsp3) is 0.371. The van der Waals surface area contributed by atoms with Crippen molar-refractivity contribution in [3.63, 3.8) is 0 Å². The number of allylic oxidation sites excluding steroid dienone is 2. The first-order chi connectivity index (χ1) is 18.9. The molecule has 0 fully saturated rings. The van der Waals surface area contributed by atoms with Gasteiger partial charge in [-0.3, -0.25) is 9.59 Å². The minimum Gasteiger partial charge on any atom is -0.464 e. The lowest BCUT2D eigenvalue weighted by Crippen LogP contribution is -2.33. The summed E-state index contributed by atoms with van der Waals surface area (Å²) in [5, 5.41) is 3.93. The molecular formula is C35H44ClNO3. The first-order valence-corrected chi connectivity index (χ1v) is 14.4. The van der Waals surface area contributed by atoms with Crippen LogP contribution < -0.4 is 5.32 Å². The van der Waals surface area contributed by atoms with Crippen LogP contribution in [-0.2, 0) is 17.6 Å². The van der Waals surface area contributed by atoms with Crippen molar-refractivity contribution in [1.29, 1.82) is 0 Å². The van der Waals surface area contributed by atoms with Gasteiger partial charge >= 0.3 is 0 Å². The number of hydrogen-bond donors (Lipinski definition) is 1. The highest BCUT2D eigenvalue weighted by atomic mass is 35.5. The second kappa shape index (κ2) is 14.9. The van der Waals surface area contributed by atoms with Gasteiger partial charge in [0, 0.05) is 16.2 Å². The molecule has 0 saturated heterocycles. The van der Waals surface area contributed by atoms with Crippen molar-refractivity contribution in [2.45, 2.75) is 87.6 Å². The van der Waals surface area contributed by atoms with Gasteiger partial charge in [-0.05, 0) is 112 Å². The quantitative estimate of drug-likeness (QED) is 0.230. The number of ketones is 2. The Morgan fingerprint density at radius 1 is 0.925 bits per heavy atom.